The predicted octanol–water partition coefficient (Wildman–Crippen LogP) is 3.60. The van der Waals surface area contributed by atoms with Gasteiger partial charge in [0, 0.05) is 6.04 Å². The standard InChI is InChI=1S/C15H22FN/c1-12-11-13(8-9-15(12)16)5-4-10-17-14-6-2-3-7-14/h8-9,11,14,17H,2-7,10H2,1H3. The second kappa shape index (κ2) is 6.15. The fourth-order valence-electron chi connectivity index (χ4n) is 2.59. The fraction of sp³-hybridized carbons (Fsp3) is 0.600. The van der Waals surface area contributed by atoms with Crippen LogP contribution >= 0.6 is 0 Å². The minimum Gasteiger partial charge on any atom is -0.314 e. The van der Waals surface area contributed by atoms with Gasteiger partial charge in [0.1, 0.15) is 5.82 Å². The van der Waals surface area contributed by atoms with Gasteiger partial charge < -0.3 is 5.32 Å². The van der Waals surface area contributed by atoms with Gasteiger partial charge in [-0.05, 0) is 56.3 Å². The van der Waals surface area contributed by atoms with Crippen LogP contribution in [0.15, 0.2) is 18.2 Å². The summed E-state index contributed by atoms with van der Waals surface area (Å²) in [5.41, 5.74) is 2.00. The molecule has 2 rings (SSSR count). The van der Waals surface area contributed by atoms with Gasteiger partial charge >= 0.3 is 0 Å². The lowest BCUT2D eigenvalue weighted by Gasteiger charge is -2.11. The molecule has 94 valence electrons. The number of rotatable bonds is 5. The van der Waals surface area contributed by atoms with Crippen LogP contribution in [0.5, 0.6) is 0 Å². The van der Waals surface area contributed by atoms with Crippen LogP contribution in [-0.2, 0) is 6.42 Å². The lowest BCUT2D eigenvalue weighted by atomic mass is 10.1. The van der Waals surface area contributed by atoms with Gasteiger partial charge in [0.15, 0.2) is 0 Å². The molecule has 1 aromatic carbocycles. The molecule has 0 spiro atoms. The highest BCUT2D eigenvalue weighted by Gasteiger charge is 2.13. The van der Waals surface area contributed by atoms with Crippen molar-refractivity contribution in [1.29, 1.82) is 0 Å². The molecule has 1 nitrogen and oxygen atoms in total. The van der Waals surface area contributed by atoms with Gasteiger partial charge in [-0.25, -0.2) is 4.39 Å². The Labute approximate surface area is 103 Å². The second-order valence-electron chi connectivity index (χ2n) is 5.12. The zero-order chi connectivity index (χ0) is 12.1. The normalized spacial score (nSPS) is 16.6. The first-order valence-corrected chi connectivity index (χ1v) is 6.74. The van der Waals surface area contributed by atoms with Crippen molar-refractivity contribution in [2.24, 2.45) is 0 Å². The zero-order valence-electron chi connectivity index (χ0n) is 10.6. The third-order valence-electron chi connectivity index (χ3n) is 3.65. The third-order valence-corrected chi connectivity index (χ3v) is 3.65. The first-order chi connectivity index (χ1) is 8.25. The van der Waals surface area contributed by atoms with E-state index in [1.54, 1.807) is 6.07 Å². The Morgan fingerprint density at radius 2 is 2.06 bits per heavy atom. The Balaban J connectivity index is 1.68. The summed E-state index contributed by atoms with van der Waals surface area (Å²) >= 11 is 0. The fourth-order valence-corrected chi connectivity index (χ4v) is 2.59. The molecule has 0 bridgehead atoms. The van der Waals surface area contributed by atoms with E-state index in [0.717, 1.165) is 31.0 Å². The minimum absolute atomic E-state index is 0.0992. The van der Waals surface area contributed by atoms with Crippen molar-refractivity contribution in [2.75, 3.05) is 6.54 Å². The van der Waals surface area contributed by atoms with Gasteiger partial charge in [0.25, 0.3) is 0 Å². The molecule has 0 radical (unpaired) electrons. The van der Waals surface area contributed by atoms with Crippen molar-refractivity contribution in [3.63, 3.8) is 0 Å². The Morgan fingerprint density at radius 1 is 1.29 bits per heavy atom. The van der Waals surface area contributed by atoms with Crippen molar-refractivity contribution >= 4 is 0 Å². The highest BCUT2D eigenvalue weighted by atomic mass is 19.1. The lowest BCUT2D eigenvalue weighted by molar-refractivity contribution is 0.515. The topological polar surface area (TPSA) is 12.0 Å². The number of hydrogen-bond acceptors (Lipinski definition) is 1. The Hall–Kier alpha value is -0.890. The molecular formula is C15H22FN. The average Bonchev–Trinajstić information content (AvgIpc) is 2.82. The minimum atomic E-state index is -0.0992. The van der Waals surface area contributed by atoms with Gasteiger partial charge in [-0.3, -0.25) is 0 Å². The number of aryl methyl sites for hydroxylation is 2. The van der Waals surface area contributed by atoms with Gasteiger partial charge in [0.2, 0.25) is 0 Å². The summed E-state index contributed by atoms with van der Waals surface area (Å²) < 4.78 is 13.1. The summed E-state index contributed by atoms with van der Waals surface area (Å²) in [5, 5.41) is 3.60. The SMILES string of the molecule is Cc1cc(CCCNC2CCCC2)ccc1F. The van der Waals surface area contributed by atoms with Crippen LogP contribution in [0, 0.1) is 12.7 Å². The van der Waals surface area contributed by atoms with Crippen LogP contribution in [0.3, 0.4) is 0 Å². The third kappa shape index (κ3) is 3.81. The van der Waals surface area contributed by atoms with Crippen LogP contribution in [0.25, 0.3) is 0 Å². The van der Waals surface area contributed by atoms with Crippen LogP contribution < -0.4 is 5.32 Å². The lowest BCUT2D eigenvalue weighted by Crippen LogP contribution is -2.27. The smallest absolute Gasteiger partial charge is 0.126 e. The van der Waals surface area contributed by atoms with E-state index in [2.05, 4.69) is 5.32 Å². The molecule has 1 aliphatic rings. The van der Waals surface area contributed by atoms with Crippen LogP contribution in [0.4, 0.5) is 4.39 Å². The summed E-state index contributed by atoms with van der Waals surface area (Å²) in [6, 6.07) is 6.20. The van der Waals surface area contributed by atoms with Crippen molar-refractivity contribution in [2.45, 2.75) is 51.5 Å². The van der Waals surface area contributed by atoms with E-state index in [-0.39, 0.29) is 5.82 Å². The largest absolute Gasteiger partial charge is 0.314 e. The number of benzene rings is 1. The highest BCUT2D eigenvalue weighted by molar-refractivity contribution is 5.23. The molecule has 1 aromatic rings. The molecular weight excluding hydrogens is 213 g/mol. The maximum atomic E-state index is 13.1. The Kier molecular flexibility index (Phi) is 4.55. The molecule has 0 aliphatic heterocycles. The summed E-state index contributed by atoms with van der Waals surface area (Å²) in [6.07, 6.45) is 7.64. The van der Waals surface area contributed by atoms with Crippen molar-refractivity contribution in [3.8, 4) is 0 Å². The van der Waals surface area contributed by atoms with Crippen molar-refractivity contribution in [3.05, 3.63) is 35.1 Å². The summed E-state index contributed by atoms with van der Waals surface area (Å²) in [6.45, 7) is 2.91. The molecule has 1 aliphatic carbocycles. The summed E-state index contributed by atoms with van der Waals surface area (Å²) in [4.78, 5) is 0. The predicted molar refractivity (Wildman–Crippen MR) is 69.7 cm³/mol. The summed E-state index contributed by atoms with van der Waals surface area (Å²) in [7, 11) is 0. The Bertz CT molecular complexity index is 356. The first-order valence-electron chi connectivity index (χ1n) is 6.74. The van der Waals surface area contributed by atoms with E-state index in [1.165, 1.54) is 31.2 Å². The molecule has 0 unspecified atom stereocenters. The average molecular weight is 235 g/mol. The number of hydrogen-bond donors (Lipinski definition) is 1. The molecule has 0 heterocycles. The molecule has 0 saturated heterocycles. The molecule has 1 saturated carbocycles. The highest BCUT2D eigenvalue weighted by Crippen LogP contribution is 2.17. The van der Waals surface area contributed by atoms with Gasteiger partial charge in [-0.15, -0.1) is 0 Å². The molecule has 1 N–H and O–H groups in total. The number of halogens is 1. The number of nitrogens with one attached hydrogen (secondary N) is 1. The first kappa shape index (κ1) is 12.6. The van der Waals surface area contributed by atoms with Crippen molar-refractivity contribution in [1.82, 2.24) is 5.32 Å². The van der Waals surface area contributed by atoms with Gasteiger partial charge in [-0.1, -0.05) is 25.0 Å². The van der Waals surface area contributed by atoms with Gasteiger partial charge in [0.05, 0.1) is 0 Å². The van der Waals surface area contributed by atoms with E-state index in [9.17, 15) is 4.39 Å². The molecule has 0 aromatic heterocycles. The molecule has 2 heteroatoms. The second-order valence-corrected chi connectivity index (χ2v) is 5.12. The van der Waals surface area contributed by atoms with E-state index in [4.69, 9.17) is 0 Å². The van der Waals surface area contributed by atoms with Crippen LogP contribution in [0.1, 0.15) is 43.2 Å². The summed E-state index contributed by atoms with van der Waals surface area (Å²) in [5.74, 6) is -0.0992. The molecule has 1 fully saturated rings. The van der Waals surface area contributed by atoms with Crippen LogP contribution in [-0.4, -0.2) is 12.6 Å². The van der Waals surface area contributed by atoms with Crippen molar-refractivity contribution < 1.29 is 4.39 Å². The van der Waals surface area contributed by atoms with E-state index in [1.807, 2.05) is 19.1 Å². The monoisotopic (exact) mass is 235 g/mol. The van der Waals surface area contributed by atoms with E-state index >= 15 is 0 Å². The van der Waals surface area contributed by atoms with E-state index < -0.39 is 0 Å². The Morgan fingerprint density at radius 3 is 2.76 bits per heavy atom. The molecule has 17 heavy (non-hydrogen) atoms. The molecule has 0 amide bonds. The van der Waals surface area contributed by atoms with Gasteiger partial charge in [-0.2, -0.15) is 0 Å². The van der Waals surface area contributed by atoms with E-state index in [0.29, 0.717) is 0 Å². The zero-order valence-corrected chi connectivity index (χ0v) is 10.6. The maximum Gasteiger partial charge on any atom is 0.126 e. The quantitative estimate of drug-likeness (QED) is 0.769. The maximum absolute atomic E-state index is 13.1. The van der Waals surface area contributed by atoms with Crippen LogP contribution in [0.2, 0.25) is 0 Å². The molecule has 0 atom stereocenters.